The van der Waals surface area contributed by atoms with E-state index in [0.717, 1.165) is 19.3 Å². The Morgan fingerprint density at radius 3 is 2.32 bits per heavy atom. The van der Waals surface area contributed by atoms with Crippen molar-refractivity contribution in [2.45, 2.75) is 110 Å². The molecule has 178 valence electrons. The highest BCUT2D eigenvalue weighted by Crippen LogP contribution is 2.70. The molecule has 4 atom stereocenters. The van der Waals surface area contributed by atoms with Gasteiger partial charge in [-0.25, -0.2) is 12.7 Å². The predicted octanol–water partition coefficient (Wildman–Crippen LogP) is 4.50. The zero-order valence-electron chi connectivity index (χ0n) is 20.6. The van der Waals surface area contributed by atoms with Crippen molar-refractivity contribution in [3.8, 4) is 0 Å². The van der Waals surface area contributed by atoms with Crippen LogP contribution in [0, 0.1) is 16.7 Å². The summed E-state index contributed by atoms with van der Waals surface area (Å²) in [6, 6.07) is -0.242. The van der Waals surface area contributed by atoms with Gasteiger partial charge in [0, 0.05) is 18.3 Å². The summed E-state index contributed by atoms with van der Waals surface area (Å²) < 4.78 is 34.1. The van der Waals surface area contributed by atoms with Crippen LogP contribution in [0.25, 0.3) is 0 Å². The summed E-state index contributed by atoms with van der Waals surface area (Å²) in [7, 11) is -5.88. The number of amides is 1. The van der Waals surface area contributed by atoms with Crippen LogP contribution in [-0.4, -0.2) is 50.6 Å². The van der Waals surface area contributed by atoms with Crippen molar-refractivity contribution in [3.63, 3.8) is 0 Å². The third-order valence-corrected chi connectivity index (χ3v) is 15.6. The average Bonchev–Trinajstić information content (AvgIpc) is 3.07. The van der Waals surface area contributed by atoms with Gasteiger partial charge in [-0.1, -0.05) is 41.5 Å². The Balaban J connectivity index is 1.85. The van der Waals surface area contributed by atoms with Crippen LogP contribution in [0.15, 0.2) is 0 Å². The van der Waals surface area contributed by atoms with Crippen LogP contribution in [0.4, 0.5) is 0 Å². The lowest BCUT2D eigenvalue weighted by Gasteiger charge is -2.40. The van der Waals surface area contributed by atoms with E-state index in [1.54, 1.807) is 6.92 Å². The summed E-state index contributed by atoms with van der Waals surface area (Å²) in [4.78, 5) is 25.7. The van der Waals surface area contributed by atoms with Crippen LogP contribution in [0.1, 0.15) is 80.1 Å². The lowest BCUT2D eigenvalue weighted by atomic mass is 9.69. The monoisotopic (exact) mass is 471 g/mol. The van der Waals surface area contributed by atoms with Crippen molar-refractivity contribution in [2.24, 2.45) is 16.7 Å². The highest BCUT2D eigenvalue weighted by atomic mass is 32.2. The van der Waals surface area contributed by atoms with Gasteiger partial charge in [-0.15, -0.1) is 0 Å². The standard InChI is InChI=1S/C23H41NO5SSi/c1-9-17(25)13-18(29-31(7,8)21(2,3)4)14-20(26)24-19-12-16-10-11-23(19,22(16,5)6)15-30(24,27)28/h16,18-19H,9-15H2,1-8H3/t16?,18-,19?,23?/m0/s1. The maximum absolute atomic E-state index is 13.5. The first-order chi connectivity index (χ1) is 14.0. The van der Waals surface area contributed by atoms with Gasteiger partial charge in [-0.05, 0) is 48.7 Å². The van der Waals surface area contributed by atoms with E-state index in [1.165, 1.54) is 4.31 Å². The van der Waals surface area contributed by atoms with Gasteiger partial charge in [0.1, 0.15) is 5.78 Å². The molecule has 0 radical (unpaired) electrons. The van der Waals surface area contributed by atoms with Crippen molar-refractivity contribution in [2.75, 3.05) is 5.75 Å². The fraction of sp³-hybridized carbons (Fsp3) is 0.913. The van der Waals surface area contributed by atoms with Gasteiger partial charge in [0.2, 0.25) is 15.9 Å². The largest absolute Gasteiger partial charge is 0.413 e. The number of hydrogen-bond acceptors (Lipinski definition) is 5. The van der Waals surface area contributed by atoms with E-state index in [4.69, 9.17) is 4.43 Å². The van der Waals surface area contributed by atoms with E-state index in [2.05, 4.69) is 47.7 Å². The van der Waals surface area contributed by atoms with E-state index < -0.39 is 30.4 Å². The van der Waals surface area contributed by atoms with Crippen molar-refractivity contribution < 1.29 is 22.4 Å². The molecule has 2 aliphatic carbocycles. The topological polar surface area (TPSA) is 80.8 Å². The Morgan fingerprint density at radius 2 is 1.81 bits per heavy atom. The Hall–Kier alpha value is -0.733. The smallest absolute Gasteiger partial charge is 0.238 e. The molecular formula is C23H41NO5SSi. The molecule has 0 aromatic rings. The molecule has 1 heterocycles. The molecule has 3 aliphatic rings. The Labute approximate surface area is 189 Å². The van der Waals surface area contributed by atoms with E-state index in [0.29, 0.717) is 12.3 Å². The lowest BCUT2D eigenvalue weighted by Crippen LogP contribution is -2.48. The Bertz CT molecular complexity index is 860. The van der Waals surface area contributed by atoms with Crippen molar-refractivity contribution >= 4 is 30.0 Å². The zero-order chi connectivity index (χ0) is 23.6. The first kappa shape index (κ1) is 24.9. The third kappa shape index (κ3) is 3.95. The van der Waals surface area contributed by atoms with Gasteiger partial charge in [-0.3, -0.25) is 9.59 Å². The third-order valence-electron chi connectivity index (χ3n) is 9.18. The summed E-state index contributed by atoms with van der Waals surface area (Å²) in [6.45, 7) is 16.7. The van der Waals surface area contributed by atoms with Gasteiger partial charge in [0.15, 0.2) is 8.32 Å². The second-order valence-electron chi connectivity index (χ2n) is 12.1. The van der Waals surface area contributed by atoms with Gasteiger partial charge in [0.05, 0.1) is 24.3 Å². The molecule has 1 amide bonds. The molecule has 2 saturated carbocycles. The highest BCUT2D eigenvalue weighted by Gasteiger charge is 2.72. The molecule has 3 fully saturated rings. The maximum Gasteiger partial charge on any atom is 0.238 e. The fourth-order valence-corrected chi connectivity index (χ4v) is 9.96. The molecule has 31 heavy (non-hydrogen) atoms. The van der Waals surface area contributed by atoms with Crippen LogP contribution in [0.5, 0.6) is 0 Å². The van der Waals surface area contributed by atoms with E-state index >= 15 is 0 Å². The van der Waals surface area contributed by atoms with Crippen LogP contribution in [-0.2, 0) is 24.0 Å². The first-order valence-electron chi connectivity index (χ1n) is 11.7. The van der Waals surface area contributed by atoms with E-state index in [-0.39, 0.29) is 46.3 Å². The minimum atomic E-state index is -3.66. The Kier molecular flexibility index (Phi) is 6.15. The highest BCUT2D eigenvalue weighted by molar-refractivity contribution is 7.90. The number of sulfonamides is 1. The predicted molar refractivity (Wildman–Crippen MR) is 125 cm³/mol. The number of nitrogens with zero attached hydrogens (tertiary/aromatic N) is 1. The quantitative estimate of drug-likeness (QED) is 0.511. The van der Waals surface area contributed by atoms with E-state index in [1.807, 2.05) is 0 Å². The van der Waals surface area contributed by atoms with Crippen LogP contribution < -0.4 is 0 Å². The fourth-order valence-electron chi connectivity index (χ4n) is 6.05. The van der Waals surface area contributed by atoms with Gasteiger partial charge in [0.25, 0.3) is 0 Å². The van der Waals surface area contributed by atoms with Crippen LogP contribution >= 0.6 is 0 Å². The molecule has 1 spiro atoms. The SMILES string of the molecule is CCC(=O)C[C@@H](CC(=O)N1C2CC3CCC2(CS1(=O)=O)C3(C)C)O[Si](C)(C)C(C)(C)C. The molecule has 3 rings (SSSR count). The number of rotatable bonds is 7. The summed E-state index contributed by atoms with van der Waals surface area (Å²) >= 11 is 0. The molecule has 3 unspecified atom stereocenters. The Morgan fingerprint density at radius 1 is 1.19 bits per heavy atom. The summed E-state index contributed by atoms with van der Waals surface area (Å²) in [5.74, 6) is 0.182. The minimum absolute atomic E-state index is 0.0401. The van der Waals surface area contributed by atoms with Gasteiger partial charge >= 0.3 is 0 Å². The van der Waals surface area contributed by atoms with Gasteiger partial charge in [-0.2, -0.15) is 0 Å². The molecule has 1 aliphatic heterocycles. The van der Waals surface area contributed by atoms with Crippen molar-refractivity contribution in [1.82, 2.24) is 4.31 Å². The minimum Gasteiger partial charge on any atom is -0.413 e. The zero-order valence-corrected chi connectivity index (χ0v) is 22.4. The number of ketones is 1. The first-order valence-corrected chi connectivity index (χ1v) is 16.2. The molecule has 0 N–H and O–H groups in total. The molecular weight excluding hydrogens is 430 g/mol. The average molecular weight is 472 g/mol. The second-order valence-corrected chi connectivity index (χ2v) is 18.7. The summed E-state index contributed by atoms with van der Waals surface area (Å²) in [6.07, 6.45) is 2.61. The number of carbonyl (C=O) groups excluding carboxylic acids is 2. The molecule has 1 saturated heterocycles. The number of carbonyl (C=O) groups is 2. The van der Waals surface area contributed by atoms with Crippen LogP contribution in [0.2, 0.25) is 18.1 Å². The number of fused-ring (bicyclic) bond motifs is 1. The normalized spacial score (nSPS) is 32.2. The molecule has 0 aromatic heterocycles. The summed E-state index contributed by atoms with van der Waals surface area (Å²) in [5.41, 5.74) is -0.407. The van der Waals surface area contributed by atoms with Crippen molar-refractivity contribution in [3.05, 3.63) is 0 Å². The number of hydrogen-bond donors (Lipinski definition) is 0. The molecule has 0 aromatic carbocycles. The molecule has 2 bridgehead atoms. The van der Waals surface area contributed by atoms with Gasteiger partial charge < -0.3 is 4.43 Å². The second kappa shape index (κ2) is 7.66. The van der Waals surface area contributed by atoms with Crippen molar-refractivity contribution in [1.29, 1.82) is 0 Å². The maximum atomic E-state index is 13.5. The molecule has 8 heteroatoms. The lowest BCUT2D eigenvalue weighted by molar-refractivity contribution is -0.131. The molecule has 6 nitrogen and oxygen atoms in total. The van der Waals surface area contributed by atoms with E-state index in [9.17, 15) is 18.0 Å². The summed E-state index contributed by atoms with van der Waals surface area (Å²) in [5, 5.41) is -0.0675. The van der Waals surface area contributed by atoms with Crippen LogP contribution in [0.3, 0.4) is 0 Å². The number of Topliss-reactive ketones (excluding diaryl/α,β-unsaturated/α-hetero) is 1.